The molecule has 30 heavy (non-hydrogen) atoms. The molecular formula is C22H18N4O3S. The Hall–Kier alpha value is -3.78. The third-order valence-electron chi connectivity index (χ3n) is 4.65. The van der Waals surface area contributed by atoms with E-state index in [2.05, 4.69) is 10.4 Å². The highest BCUT2D eigenvalue weighted by Gasteiger charge is 2.21. The highest BCUT2D eigenvalue weighted by atomic mass is 32.1. The van der Waals surface area contributed by atoms with E-state index in [1.54, 1.807) is 18.2 Å². The molecule has 0 fully saturated rings. The molecule has 0 radical (unpaired) electrons. The van der Waals surface area contributed by atoms with E-state index in [0.717, 1.165) is 10.4 Å². The first-order chi connectivity index (χ1) is 14.5. The minimum atomic E-state index is -0.468. The number of hydrogen-bond acceptors (Lipinski definition) is 5. The number of non-ortho nitro benzene ring substituents is 1. The number of thiophene rings is 1. The fraction of sp³-hybridized carbons (Fsp3) is 0.0909. The van der Waals surface area contributed by atoms with Crippen molar-refractivity contribution in [2.45, 2.75) is 13.0 Å². The normalized spacial score (nSPS) is 11.8. The maximum Gasteiger partial charge on any atom is 0.271 e. The molecule has 1 unspecified atom stereocenters. The van der Waals surface area contributed by atoms with E-state index in [1.807, 2.05) is 54.8 Å². The van der Waals surface area contributed by atoms with Crippen molar-refractivity contribution < 1.29 is 9.72 Å². The lowest BCUT2D eigenvalue weighted by Crippen LogP contribution is -2.28. The lowest BCUT2D eigenvalue weighted by Gasteiger charge is -2.15. The third kappa shape index (κ3) is 3.99. The van der Waals surface area contributed by atoms with Crippen molar-refractivity contribution in [3.63, 3.8) is 0 Å². The molecule has 0 saturated heterocycles. The molecule has 2 aromatic heterocycles. The number of nitrogens with zero attached hydrogens (tertiary/aromatic N) is 3. The van der Waals surface area contributed by atoms with Gasteiger partial charge in [0.15, 0.2) is 0 Å². The lowest BCUT2D eigenvalue weighted by molar-refractivity contribution is -0.384. The predicted octanol–water partition coefficient (Wildman–Crippen LogP) is 5.00. The Morgan fingerprint density at radius 3 is 2.60 bits per heavy atom. The number of nitro groups is 1. The van der Waals surface area contributed by atoms with Crippen molar-refractivity contribution in [1.29, 1.82) is 0 Å². The zero-order valence-corrected chi connectivity index (χ0v) is 16.9. The molecule has 4 aromatic rings. The topological polar surface area (TPSA) is 90.1 Å². The van der Waals surface area contributed by atoms with Crippen LogP contribution in [0.5, 0.6) is 0 Å². The second-order valence-electron chi connectivity index (χ2n) is 6.69. The summed E-state index contributed by atoms with van der Waals surface area (Å²) in [5, 5.41) is 20.7. The standard InChI is InChI=1S/C22H18N4O3S/c1-15(16-7-3-2-4-8-16)23-22(27)20-14-19(21-11-6-12-30-21)24-25(20)17-9-5-10-18(13-17)26(28)29/h2-15H,1H3,(H,23,27). The van der Waals surface area contributed by atoms with Gasteiger partial charge in [0, 0.05) is 12.1 Å². The van der Waals surface area contributed by atoms with Crippen LogP contribution in [0.15, 0.2) is 78.2 Å². The van der Waals surface area contributed by atoms with Crippen LogP contribution < -0.4 is 5.32 Å². The molecule has 1 N–H and O–H groups in total. The number of benzene rings is 2. The SMILES string of the molecule is CC(NC(=O)c1cc(-c2cccs2)nn1-c1cccc([N+](=O)[O-])c1)c1ccccc1. The Kier molecular flexibility index (Phi) is 5.40. The molecule has 0 aliphatic heterocycles. The summed E-state index contributed by atoms with van der Waals surface area (Å²) in [6.45, 7) is 1.90. The first-order valence-corrected chi connectivity index (χ1v) is 10.2. The minimum Gasteiger partial charge on any atom is -0.344 e. The highest BCUT2D eigenvalue weighted by molar-refractivity contribution is 7.13. The van der Waals surface area contributed by atoms with Crippen molar-refractivity contribution in [3.8, 4) is 16.3 Å². The zero-order chi connectivity index (χ0) is 21.1. The number of nitro benzene ring substituents is 1. The fourth-order valence-corrected chi connectivity index (χ4v) is 3.80. The van der Waals surface area contributed by atoms with Crippen LogP contribution in [0.25, 0.3) is 16.3 Å². The summed E-state index contributed by atoms with van der Waals surface area (Å²) in [7, 11) is 0. The Bertz CT molecular complexity index is 1190. The van der Waals surface area contributed by atoms with Gasteiger partial charge in [0.2, 0.25) is 0 Å². The van der Waals surface area contributed by atoms with Crippen molar-refractivity contribution in [3.05, 3.63) is 99.5 Å². The van der Waals surface area contributed by atoms with Gasteiger partial charge in [-0.3, -0.25) is 14.9 Å². The number of carbonyl (C=O) groups excluding carboxylic acids is 1. The lowest BCUT2D eigenvalue weighted by atomic mass is 10.1. The number of hydrogen-bond donors (Lipinski definition) is 1. The van der Waals surface area contributed by atoms with Crippen molar-refractivity contribution in [2.24, 2.45) is 0 Å². The first-order valence-electron chi connectivity index (χ1n) is 9.27. The van der Waals surface area contributed by atoms with Crippen molar-refractivity contribution >= 4 is 22.9 Å². The zero-order valence-electron chi connectivity index (χ0n) is 16.1. The molecule has 0 bridgehead atoms. The quantitative estimate of drug-likeness (QED) is 0.352. The van der Waals surface area contributed by atoms with Crippen LogP contribution in [0.1, 0.15) is 29.0 Å². The molecule has 2 heterocycles. The summed E-state index contributed by atoms with van der Waals surface area (Å²) in [5.41, 5.74) is 2.30. The van der Waals surface area contributed by atoms with E-state index in [4.69, 9.17) is 0 Å². The van der Waals surface area contributed by atoms with Gasteiger partial charge in [-0.2, -0.15) is 5.10 Å². The van der Waals surface area contributed by atoms with Crippen molar-refractivity contribution in [1.82, 2.24) is 15.1 Å². The third-order valence-corrected chi connectivity index (χ3v) is 5.54. The first kappa shape index (κ1) is 19.5. The van der Waals surface area contributed by atoms with Gasteiger partial charge in [0.1, 0.15) is 11.4 Å². The smallest absolute Gasteiger partial charge is 0.271 e. The number of rotatable bonds is 6. The predicted molar refractivity (Wildman–Crippen MR) is 116 cm³/mol. The Morgan fingerprint density at radius 1 is 1.10 bits per heavy atom. The van der Waals surface area contributed by atoms with E-state index < -0.39 is 4.92 Å². The summed E-state index contributed by atoms with van der Waals surface area (Å²) >= 11 is 1.51. The molecule has 0 spiro atoms. The minimum absolute atomic E-state index is 0.0651. The molecule has 0 aliphatic rings. The Labute approximate surface area is 176 Å². The van der Waals surface area contributed by atoms with E-state index >= 15 is 0 Å². The van der Waals surface area contributed by atoms with Crippen LogP contribution >= 0.6 is 11.3 Å². The molecule has 2 aromatic carbocycles. The fourth-order valence-electron chi connectivity index (χ4n) is 3.12. The maximum atomic E-state index is 13.1. The molecule has 8 heteroatoms. The van der Waals surface area contributed by atoms with Crippen LogP contribution in [0.4, 0.5) is 5.69 Å². The van der Waals surface area contributed by atoms with Crippen LogP contribution in [0, 0.1) is 10.1 Å². The van der Waals surface area contributed by atoms with Gasteiger partial charge in [-0.25, -0.2) is 4.68 Å². The molecular weight excluding hydrogens is 400 g/mol. The maximum absolute atomic E-state index is 13.1. The number of amides is 1. The summed E-state index contributed by atoms with van der Waals surface area (Å²) in [6, 6.07) is 21.0. The second kappa shape index (κ2) is 8.30. The molecule has 0 aliphatic carbocycles. The van der Waals surface area contributed by atoms with E-state index in [9.17, 15) is 14.9 Å². The Balaban J connectivity index is 1.73. The van der Waals surface area contributed by atoms with Gasteiger partial charge in [-0.05, 0) is 36.1 Å². The summed E-state index contributed by atoms with van der Waals surface area (Å²) < 4.78 is 1.45. The molecule has 150 valence electrons. The largest absolute Gasteiger partial charge is 0.344 e. The molecule has 0 saturated carbocycles. The molecule has 1 atom stereocenters. The summed E-state index contributed by atoms with van der Waals surface area (Å²) in [4.78, 5) is 24.8. The second-order valence-corrected chi connectivity index (χ2v) is 7.63. The summed E-state index contributed by atoms with van der Waals surface area (Å²) in [6.07, 6.45) is 0. The number of nitrogens with one attached hydrogen (secondary N) is 1. The van der Waals surface area contributed by atoms with Crippen LogP contribution in [0.2, 0.25) is 0 Å². The highest BCUT2D eigenvalue weighted by Crippen LogP contribution is 2.27. The van der Waals surface area contributed by atoms with Gasteiger partial charge >= 0.3 is 0 Å². The van der Waals surface area contributed by atoms with E-state index in [-0.39, 0.29) is 17.6 Å². The van der Waals surface area contributed by atoms with Gasteiger partial charge in [0.05, 0.1) is 21.5 Å². The van der Waals surface area contributed by atoms with E-state index in [1.165, 1.54) is 28.2 Å². The van der Waals surface area contributed by atoms with Crippen LogP contribution in [-0.2, 0) is 0 Å². The number of aromatic nitrogens is 2. The Morgan fingerprint density at radius 2 is 1.90 bits per heavy atom. The van der Waals surface area contributed by atoms with Gasteiger partial charge in [-0.15, -0.1) is 11.3 Å². The van der Waals surface area contributed by atoms with Crippen LogP contribution in [0.3, 0.4) is 0 Å². The average molecular weight is 418 g/mol. The van der Waals surface area contributed by atoms with E-state index in [0.29, 0.717) is 17.1 Å². The van der Waals surface area contributed by atoms with Crippen molar-refractivity contribution in [2.75, 3.05) is 0 Å². The molecule has 1 amide bonds. The van der Waals surface area contributed by atoms with Gasteiger partial charge in [-0.1, -0.05) is 42.5 Å². The number of carbonyl (C=O) groups is 1. The molecule has 4 rings (SSSR count). The van der Waals surface area contributed by atoms with Gasteiger partial charge in [0.25, 0.3) is 11.6 Å². The average Bonchev–Trinajstić information content (AvgIpc) is 3.44. The van der Waals surface area contributed by atoms with Gasteiger partial charge < -0.3 is 5.32 Å². The monoisotopic (exact) mass is 418 g/mol. The molecule has 7 nitrogen and oxygen atoms in total. The summed E-state index contributed by atoms with van der Waals surface area (Å²) in [5.74, 6) is -0.312. The van der Waals surface area contributed by atoms with Crippen LogP contribution in [-0.4, -0.2) is 20.6 Å².